The van der Waals surface area contributed by atoms with Gasteiger partial charge >= 0.3 is 0 Å². The van der Waals surface area contributed by atoms with Crippen LogP contribution in [0.5, 0.6) is 0 Å². The number of nitrogen functional groups attached to an aromatic ring is 1. The predicted octanol–water partition coefficient (Wildman–Crippen LogP) is 2.57. The summed E-state index contributed by atoms with van der Waals surface area (Å²) in [6.45, 7) is 7.22. The maximum Gasteiger partial charge on any atom is 0.251 e. The molecule has 1 saturated heterocycles. The second-order valence-corrected chi connectivity index (χ2v) is 6.06. The van der Waals surface area contributed by atoms with Gasteiger partial charge in [-0.25, -0.2) is 0 Å². The molecule has 0 spiro atoms. The van der Waals surface area contributed by atoms with E-state index in [4.69, 9.17) is 5.73 Å². The van der Waals surface area contributed by atoms with Crippen LogP contribution in [0.15, 0.2) is 18.2 Å². The molecular formula is C17H27N3O. The fraction of sp³-hybridized carbons (Fsp3) is 0.588. The Balaban J connectivity index is 1.74. The molecule has 1 aromatic rings. The van der Waals surface area contributed by atoms with Gasteiger partial charge in [-0.3, -0.25) is 4.79 Å². The summed E-state index contributed by atoms with van der Waals surface area (Å²) in [6, 6.07) is 6.10. The number of anilines is 1. The molecule has 1 aromatic carbocycles. The Labute approximate surface area is 127 Å². The summed E-state index contributed by atoms with van der Waals surface area (Å²) >= 11 is 0. The van der Waals surface area contributed by atoms with Crippen LogP contribution in [-0.4, -0.2) is 36.5 Å². The van der Waals surface area contributed by atoms with Crippen molar-refractivity contribution in [2.75, 3.05) is 25.4 Å². The summed E-state index contributed by atoms with van der Waals surface area (Å²) in [4.78, 5) is 14.7. The third-order valence-electron chi connectivity index (χ3n) is 4.34. The Bertz CT molecular complexity index is 487. The second-order valence-electron chi connectivity index (χ2n) is 6.06. The van der Waals surface area contributed by atoms with Gasteiger partial charge in [0.15, 0.2) is 0 Å². The lowest BCUT2D eigenvalue weighted by Crippen LogP contribution is -2.39. The van der Waals surface area contributed by atoms with E-state index in [2.05, 4.69) is 17.1 Å². The maximum absolute atomic E-state index is 12.1. The molecule has 116 valence electrons. The summed E-state index contributed by atoms with van der Waals surface area (Å²) in [6.07, 6.45) is 4.97. The van der Waals surface area contributed by atoms with Crippen molar-refractivity contribution in [2.24, 2.45) is 0 Å². The number of nitrogens with two attached hydrogens (primary N) is 1. The number of carbonyl (C=O) groups is 1. The number of piperidine rings is 1. The first kappa shape index (κ1) is 15.8. The number of rotatable bonds is 5. The molecule has 3 N–H and O–H groups in total. The predicted molar refractivity (Wildman–Crippen MR) is 87.4 cm³/mol. The number of amides is 1. The molecule has 1 atom stereocenters. The summed E-state index contributed by atoms with van der Waals surface area (Å²) in [7, 11) is 0. The van der Waals surface area contributed by atoms with Crippen molar-refractivity contribution in [3.05, 3.63) is 29.3 Å². The minimum atomic E-state index is -0.000748. The van der Waals surface area contributed by atoms with E-state index in [1.54, 1.807) is 12.1 Å². The molecule has 1 aliphatic heterocycles. The summed E-state index contributed by atoms with van der Waals surface area (Å²) in [5.41, 5.74) is 8.05. The Morgan fingerprint density at radius 3 is 2.95 bits per heavy atom. The van der Waals surface area contributed by atoms with Crippen LogP contribution in [0.1, 0.15) is 48.5 Å². The average Bonchev–Trinajstić information content (AvgIpc) is 2.45. The van der Waals surface area contributed by atoms with E-state index in [0.29, 0.717) is 11.7 Å². The molecule has 0 aromatic heterocycles. The van der Waals surface area contributed by atoms with Gasteiger partial charge < -0.3 is 16.0 Å². The van der Waals surface area contributed by atoms with Crippen molar-refractivity contribution in [3.63, 3.8) is 0 Å². The van der Waals surface area contributed by atoms with Crippen LogP contribution in [0.2, 0.25) is 0 Å². The molecule has 1 heterocycles. The van der Waals surface area contributed by atoms with Crippen LogP contribution in [-0.2, 0) is 0 Å². The average molecular weight is 289 g/mol. The Hall–Kier alpha value is -1.55. The number of nitrogens with one attached hydrogen (secondary N) is 1. The molecule has 0 bridgehead atoms. The number of hydrogen-bond donors (Lipinski definition) is 2. The Kier molecular flexibility index (Phi) is 5.62. The normalized spacial score (nSPS) is 19.4. The van der Waals surface area contributed by atoms with Gasteiger partial charge in [-0.15, -0.1) is 0 Å². The highest BCUT2D eigenvalue weighted by Gasteiger charge is 2.17. The highest BCUT2D eigenvalue weighted by atomic mass is 16.1. The number of aryl methyl sites for hydroxylation is 1. The van der Waals surface area contributed by atoms with Crippen molar-refractivity contribution in [2.45, 2.75) is 45.6 Å². The fourth-order valence-corrected chi connectivity index (χ4v) is 3.01. The number of carbonyl (C=O) groups excluding carboxylic acids is 1. The van der Waals surface area contributed by atoms with E-state index in [0.717, 1.165) is 30.6 Å². The van der Waals surface area contributed by atoms with E-state index in [9.17, 15) is 4.79 Å². The molecule has 4 heteroatoms. The first-order valence-corrected chi connectivity index (χ1v) is 7.96. The van der Waals surface area contributed by atoms with Gasteiger partial charge in [-0.1, -0.05) is 6.42 Å². The van der Waals surface area contributed by atoms with E-state index in [1.807, 2.05) is 13.0 Å². The molecule has 4 nitrogen and oxygen atoms in total. The second kappa shape index (κ2) is 7.46. The monoisotopic (exact) mass is 289 g/mol. The molecule has 0 radical (unpaired) electrons. The number of nitrogens with zero attached hydrogens (tertiary/aromatic N) is 1. The van der Waals surface area contributed by atoms with Crippen LogP contribution in [0.4, 0.5) is 5.69 Å². The zero-order chi connectivity index (χ0) is 15.2. The third-order valence-corrected chi connectivity index (χ3v) is 4.34. The molecule has 2 rings (SSSR count). The van der Waals surface area contributed by atoms with Gasteiger partial charge in [0.2, 0.25) is 0 Å². The van der Waals surface area contributed by atoms with Crippen LogP contribution >= 0.6 is 0 Å². The minimum Gasteiger partial charge on any atom is -0.399 e. The topological polar surface area (TPSA) is 58.4 Å². The van der Waals surface area contributed by atoms with Crippen LogP contribution in [0.3, 0.4) is 0 Å². The van der Waals surface area contributed by atoms with Gasteiger partial charge in [0.1, 0.15) is 0 Å². The van der Waals surface area contributed by atoms with Crippen LogP contribution in [0.25, 0.3) is 0 Å². The third kappa shape index (κ3) is 4.46. The number of likely N-dealkylation sites (tertiary alicyclic amines) is 1. The summed E-state index contributed by atoms with van der Waals surface area (Å²) in [5.74, 6) is -0.000748. The van der Waals surface area contributed by atoms with E-state index in [-0.39, 0.29) is 5.91 Å². The lowest BCUT2D eigenvalue weighted by molar-refractivity contribution is 0.0948. The molecular weight excluding hydrogens is 262 g/mol. The zero-order valence-electron chi connectivity index (χ0n) is 13.2. The number of benzene rings is 1. The summed E-state index contributed by atoms with van der Waals surface area (Å²) < 4.78 is 0. The van der Waals surface area contributed by atoms with Gasteiger partial charge in [-0.2, -0.15) is 0 Å². The first-order chi connectivity index (χ1) is 10.1. The lowest BCUT2D eigenvalue weighted by Gasteiger charge is -2.33. The molecule has 1 fully saturated rings. The van der Waals surface area contributed by atoms with Crippen molar-refractivity contribution in [1.82, 2.24) is 10.2 Å². The van der Waals surface area contributed by atoms with Gasteiger partial charge in [-0.05, 0) is 63.4 Å². The van der Waals surface area contributed by atoms with E-state index < -0.39 is 0 Å². The molecule has 21 heavy (non-hydrogen) atoms. The highest BCUT2D eigenvalue weighted by molar-refractivity contribution is 5.95. The standard InChI is InChI=1S/C17H27N3O/c1-13-12-15(18)7-8-16(13)17(21)19-9-5-11-20-10-4-3-6-14(20)2/h7-8,12,14H,3-6,9-11,18H2,1-2H3,(H,19,21). The Morgan fingerprint density at radius 1 is 1.43 bits per heavy atom. The van der Waals surface area contributed by atoms with Crippen molar-refractivity contribution in [1.29, 1.82) is 0 Å². The molecule has 1 aliphatic rings. The van der Waals surface area contributed by atoms with E-state index >= 15 is 0 Å². The first-order valence-electron chi connectivity index (χ1n) is 7.96. The lowest BCUT2D eigenvalue weighted by atomic mass is 10.0. The largest absolute Gasteiger partial charge is 0.399 e. The van der Waals surface area contributed by atoms with Gasteiger partial charge in [0.05, 0.1) is 0 Å². The van der Waals surface area contributed by atoms with Crippen molar-refractivity contribution < 1.29 is 4.79 Å². The molecule has 1 unspecified atom stereocenters. The minimum absolute atomic E-state index is 0.000748. The molecule has 0 saturated carbocycles. The maximum atomic E-state index is 12.1. The molecule has 1 amide bonds. The van der Waals surface area contributed by atoms with Crippen LogP contribution < -0.4 is 11.1 Å². The van der Waals surface area contributed by atoms with Crippen molar-refractivity contribution >= 4 is 11.6 Å². The fourth-order valence-electron chi connectivity index (χ4n) is 3.01. The number of hydrogen-bond acceptors (Lipinski definition) is 3. The SMILES string of the molecule is Cc1cc(N)ccc1C(=O)NCCCN1CCCCC1C. The van der Waals surface area contributed by atoms with E-state index in [1.165, 1.54) is 25.8 Å². The molecule has 0 aliphatic carbocycles. The zero-order valence-corrected chi connectivity index (χ0v) is 13.2. The smallest absolute Gasteiger partial charge is 0.251 e. The summed E-state index contributed by atoms with van der Waals surface area (Å²) in [5, 5.41) is 3.01. The van der Waals surface area contributed by atoms with Crippen molar-refractivity contribution in [3.8, 4) is 0 Å². The van der Waals surface area contributed by atoms with Gasteiger partial charge in [0, 0.05) is 30.4 Å². The highest BCUT2D eigenvalue weighted by Crippen LogP contribution is 2.16. The van der Waals surface area contributed by atoms with Crippen LogP contribution in [0, 0.1) is 6.92 Å². The quantitative estimate of drug-likeness (QED) is 0.647. The van der Waals surface area contributed by atoms with Gasteiger partial charge in [0.25, 0.3) is 5.91 Å². The Morgan fingerprint density at radius 2 is 2.24 bits per heavy atom.